The molecule has 1 aromatic carbocycles. The molecule has 1 saturated heterocycles. The molecule has 1 aromatic rings. The summed E-state index contributed by atoms with van der Waals surface area (Å²) in [5.41, 5.74) is -7.86. The molecule has 2 saturated carbocycles. The van der Waals surface area contributed by atoms with Crippen molar-refractivity contribution in [2.45, 2.75) is 110 Å². The normalized spacial score (nSPS) is 39.9. The summed E-state index contributed by atoms with van der Waals surface area (Å²) in [6.45, 7) is 13.7. The number of rotatable bonds is 8. The number of hydrogen-bond donors (Lipinski definition) is 3. The van der Waals surface area contributed by atoms with Crippen LogP contribution in [-0.2, 0) is 28.5 Å². The number of hydrogen-bond acceptors (Lipinski definition) is 11. The van der Waals surface area contributed by atoms with Gasteiger partial charge in [0, 0.05) is 18.3 Å². The molecule has 3 N–H and O–H groups in total. The summed E-state index contributed by atoms with van der Waals surface area (Å²) in [6, 6.07) is 8.30. The molecular weight excluding hydrogens is 624 g/mol. The highest BCUT2D eigenvalue weighted by Crippen LogP contribution is 2.69. The zero-order chi connectivity index (χ0) is 34.9. The summed E-state index contributed by atoms with van der Waals surface area (Å²) >= 11 is 1.41. The van der Waals surface area contributed by atoms with Crippen LogP contribution in [0.3, 0.4) is 0 Å². The number of ether oxygens (including phenoxy) is 4. The Morgan fingerprint density at radius 2 is 1.68 bits per heavy atom. The Balaban J connectivity index is 1.80. The third-order valence-electron chi connectivity index (χ3n) is 12.5. The van der Waals surface area contributed by atoms with Crippen LogP contribution in [0.15, 0.2) is 41.5 Å². The van der Waals surface area contributed by atoms with Crippen LogP contribution in [-0.4, -0.2) is 93.6 Å². The van der Waals surface area contributed by atoms with Crippen molar-refractivity contribution in [1.29, 1.82) is 0 Å². The molecule has 11 heteroatoms. The largest absolute Gasteiger partial charge is 0.458 e. The Bertz CT molecular complexity index is 1440. The Morgan fingerprint density at radius 3 is 2.23 bits per heavy atom. The third kappa shape index (κ3) is 4.97. The van der Waals surface area contributed by atoms with E-state index in [-0.39, 0.29) is 42.4 Å². The Kier molecular flexibility index (Phi) is 9.38. The average Bonchev–Trinajstić information content (AvgIpc) is 3.02. The molecule has 4 aliphatic rings. The summed E-state index contributed by atoms with van der Waals surface area (Å²) in [4.78, 5) is 42.4. The lowest BCUT2D eigenvalue weighted by Crippen LogP contribution is -2.86. The van der Waals surface area contributed by atoms with Crippen molar-refractivity contribution in [3.05, 3.63) is 47.0 Å². The molecule has 2 bridgehead atoms. The van der Waals surface area contributed by atoms with Gasteiger partial charge < -0.3 is 34.3 Å². The standard InChI is InChI=1S/C36H50O10S/c1-19(2)20(3)29(39)45-23-16-35(41)31(46-30(40)22-13-11-10-12-14-22)34(8)33(7,28(38)27(37)26(21(23)4)32(35,5)6)24(44-18-47-9)15-25-36(34,42)17-43-25/h10-14,19-20,23-25,27,31,37,41-42H,15-18H2,1-9H3/t20-,23?,24?,25?,27?,31?,33+,34?,35?,36?/m1/s1. The number of fused-ring (bicyclic) bond motifs is 5. The van der Waals surface area contributed by atoms with Gasteiger partial charge in [0.25, 0.3) is 0 Å². The molecule has 0 spiro atoms. The first-order valence-corrected chi connectivity index (χ1v) is 17.8. The summed E-state index contributed by atoms with van der Waals surface area (Å²) < 4.78 is 24.7. The fourth-order valence-corrected chi connectivity index (χ4v) is 9.01. The number of carbonyl (C=O) groups is 3. The van der Waals surface area contributed by atoms with E-state index in [1.807, 2.05) is 20.1 Å². The van der Waals surface area contributed by atoms with Gasteiger partial charge in [0.15, 0.2) is 5.78 Å². The monoisotopic (exact) mass is 674 g/mol. The van der Waals surface area contributed by atoms with Crippen molar-refractivity contribution < 1.29 is 48.7 Å². The number of carbonyl (C=O) groups excluding carboxylic acids is 3. The molecule has 10 nitrogen and oxygen atoms in total. The molecule has 10 atom stereocenters. The van der Waals surface area contributed by atoms with Gasteiger partial charge in [-0.2, -0.15) is 0 Å². The highest BCUT2D eigenvalue weighted by atomic mass is 32.2. The zero-order valence-corrected chi connectivity index (χ0v) is 29.7. The zero-order valence-electron chi connectivity index (χ0n) is 28.9. The highest BCUT2D eigenvalue weighted by molar-refractivity contribution is 7.98. The molecule has 5 rings (SSSR count). The molecule has 0 amide bonds. The second kappa shape index (κ2) is 12.2. The fraction of sp³-hybridized carbons (Fsp3) is 0.694. The van der Waals surface area contributed by atoms with Gasteiger partial charge in [0.1, 0.15) is 29.5 Å². The number of benzene rings is 1. The Labute approximate surface area is 281 Å². The van der Waals surface area contributed by atoms with Gasteiger partial charge >= 0.3 is 11.9 Å². The first-order chi connectivity index (χ1) is 21.8. The van der Waals surface area contributed by atoms with E-state index in [9.17, 15) is 24.9 Å². The minimum absolute atomic E-state index is 0.0272. The molecule has 3 fully saturated rings. The average molecular weight is 675 g/mol. The minimum atomic E-state index is -2.08. The lowest BCUT2D eigenvalue weighted by molar-refractivity contribution is -0.381. The van der Waals surface area contributed by atoms with Crippen molar-refractivity contribution in [3.63, 3.8) is 0 Å². The fourth-order valence-electron chi connectivity index (χ4n) is 8.71. The van der Waals surface area contributed by atoms with Crippen LogP contribution in [0.2, 0.25) is 0 Å². The molecule has 1 aliphatic heterocycles. The highest BCUT2D eigenvalue weighted by Gasteiger charge is 2.82. The summed E-state index contributed by atoms with van der Waals surface area (Å²) in [7, 11) is 0. The maximum atomic E-state index is 15.1. The topological polar surface area (TPSA) is 149 Å². The molecule has 47 heavy (non-hydrogen) atoms. The van der Waals surface area contributed by atoms with E-state index in [1.54, 1.807) is 71.9 Å². The summed E-state index contributed by atoms with van der Waals surface area (Å²) in [6.07, 6.45) is -4.28. The number of Topliss-reactive ketones (excluding diaryl/α,β-unsaturated/α-hetero) is 1. The van der Waals surface area contributed by atoms with Crippen molar-refractivity contribution in [2.75, 3.05) is 18.8 Å². The second-order valence-corrected chi connectivity index (χ2v) is 16.0. The number of esters is 2. The van der Waals surface area contributed by atoms with E-state index in [0.29, 0.717) is 5.57 Å². The van der Waals surface area contributed by atoms with Crippen LogP contribution in [0.5, 0.6) is 0 Å². The number of aliphatic hydroxyl groups is 3. The van der Waals surface area contributed by atoms with Crippen molar-refractivity contribution in [2.24, 2.45) is 28.1 Å². The lowest BCUT2D eigenvalue weighted by Gasteiger charge is -2.72. The van der Waals surface area contributed by atoms with Crippen molar-refractivity contribution in [1.82, 2.24) is 0 Å². The van der Waals surface area contributed by atoms with Gasteiger partial charge in [-0.1, -0.05) is 59.7 Å². The molecule has 0 aromatic heterocycles. The summed E-state index contributed by atoms with van der Waals surface area (Å²) in [5, 5.41) is 38.2. The Hall–Kier alpha value is -2.28. The van der Waals surface area contributed by atoms with Crippen LogP contribution >= 0.6 is 11.8 Å². The first-order valence-electron chi connectivity index (χ1n) is 16.4. The van der Waals surface area contributed by atoms with Gasteiger partial charge in [-0.05, 0) is 49.3 Å². The van der Waals surface area contributed by atoms with Crippen molar-refractivity contribution >= 4 is 29.5 Å². The third-order valence-corrected chi connectivity index (χ3v) is 12.9. The quantitative estimate of drug-likeness (QED) is 0.208. The molecule has 1 heterocycles. The van der Waals surface area contributed by atoms with Gasteiger partial charge in [0.05, 0.1) is 47.1 Å². The summed E-state index contributed by atoms with van der Waals surface area (Å²) in [5.74, 6) is -2.19. The second-order valence-electron chi connectivity index (χ2n) is 15.2. The van der Waals surface area contributed by atoms with Gasteiger partial charge in [-0.15, -0.1) is 11.8 Å². The smallest absolute Gasteiger partial charge is 0.338 e. The molecule has 0 radical (unpaired) electrons. The number of ketones is 1. The molecule has 3 aliphatic carbocycles. The van der Waals surface area contributed by atoms with E-state index < -0.39 is 81.6 Å². The van der Waals surface area contributed by atoms with Crippen LogP contribution in [0, 0.1) is 28.1 Å². The van der Waals surface area contributed by atoms with E-state index in [1.165, 1.54) is 11.8 Å². The van der Waals surface area contributed by atoms with Gasteiger partial charge in [-0.3, -0.25) is 9.59 Å². The SMILES string of the molecule is CSCOC1CC2OCC2(O)C2(C)C(OC(=O)c3ccccc3)C3(O)CC(OC(=O)[C@H](C)C(C)C)C(C)=C(C(O)C(=O)[C@]12C)C3(C)C. The lowest BCUT2D eigenvalue weighted by atomic mass is 9.38. The molecule has 260 valence electrons. The van der Waals surface area contributed by atoms with E-state index >= 15 is 4.79 Å². The maximum Gasteiger partial charge on any atom is 0.338 e. The van der Waals surface area contributed by atoms with Crippen LogP contribution in [0.4, 0.5) is 0 Å². The minimum Gasteiger partial charge on any atom is -0.458 e. The predicted octanol–water partition coefficient (Wildman–Crippen LogP) is 4.09. The molecule has 8 unspecified atom stereocenters. The van der Waals surface area contributed by atoms with Crippen LogP contribution in [0.25, 0.3) is 0 Å². The van der Waals surface area contributed by atoms with E-state index in [0.717, 1.165) is 0 Å². The number of thioether (sulfide) groups is 1. The Morgan fingerprint density at radius 1 is 1.04 bits per heavy atom. The van der Waals surface area contributed by atoms with Gasteiger partial charge in [-0.25, -0.2) is 4.79 Å². The van der Waals surface area contributed by atoms with E-state index in [4.69, 9.17) is 18.9 Å². The van der Waals surface area contributed by atoms with E-state index in [2.05, 4.69) is 0 Å². The molecular formula is C36H50O10S. The number of aliphatic hydroxyl groups excluding tert-OH is 1. The van der Waals surface area contributed by atoms with Gasteiger partial charge in [0.2, 0.25) is 0 Å². The maximum absolute atomic E-state index is 15.1. The predicted molar refractivity (Wildman–Crippen MR) is 175 cm³/mol. The van der Waals surface area contributed by atoms with Crippen molar-refractivity contribution in [3.8, 4) is 0 Å². The van der Waals surface area contributed by atoms with Crippen LogP contribution in [0.1, 0.15) is 78.6 Å². The van der Waals surface area contributed by atoms with Crippen LogP contribution < -0.4 is 0 Å². The first kappa shape index (κ1) is 36.0.